The first-order valence-electron chi connectivity index (χ1n) is 7.31. The Labute approximate surface area is 130 Å². The van der Waals surface area contributed by atoms with E-state index in [1.165, 1.54) is 17.2 Å². The number of carbonyl (C=O) groups is 1. The van der Waals surface area contributed by atoms with Crippen LogP contribution in [0.2, 0.25) is 0 Å². The Bertz CT molecular complexity index is 435. The van der Waals surface area contributed by atoms with Crippen molar-refractivity contribution in [2.24, 2.45) is 0 Å². The van der Waals surface area contributed by atoms with Crippen LogP contribution in [0.1, 0.15) is 20.3 Å². The molecule has 8 nitrogen and oxygen atoms in total. The van der Waals surface area contributed by atoms with E-state index in [4.69, 9.17) is 9.47 Å². The zero-order chi connectivity index (χ0) is 16.5. The topological polar surface area (TPSA) is 94.5 Å². The SMILES string of the molecule is CN(C)C[C@@H]1C[C@@H](OC(C)(C)O)[C@H](N2C=CC(O)NC2=O)O1. The van der Waals surface area contributed by atoms with Gasteiger partial charge in [-0.1, -0.05) is 0 Å². The van der Waals surface area contributed by atoms with Crippen molar-refractivity contribution in [3.8, 4) is 0 Å². The number of rotatable bonds is 5. The van der Waals surface area contributed by atoms with Gasteiger partial charge >= 0.3 is 6.03 Å². The maximum atomic E-state index is 12.0. The largest absolute Gasteiger partial charge is 0.370 e. The van der Waals surface area contributed by atoms with Crippen LogP contribution in [-0.4, -0.2) is 77.1 Å². The summed E-state index contributed by atoms with van der Waals surface area (Å²) in [6, 6.07) is -0.463. The van der Waals surface area contributed by atoms with E-state index in [0.717, 1.165) is 0 Å². The zero-order valence-corrected chi connectivity index (χ0v) is 13.4. The first kappa shape index (κ1) is 17.2. The molecule has 1 unspecified atom stereocenters. The molecule has 0 radical (unpaired) electrons. The van der Waals surface area contributed by atoms with Crippen molar-refractivity contribution in [2.45, 2.75) is 50.7 Å². The lowest BCUT2D eigenvalue weighted by atomic mass is 10.1. The van der Waals surface area contributed by atoms with Crippen LogP contribution in [0.25, 0.3) is 0 Å². The Morgan fingerprint density at radius 3 is 2.77 bits per heavy atom. The van der Waals surface area contributed by atoms with Gasteiger partial charge in [-0.15, -0.1) is 0 Å². The maximum Gasteiger partial charge on any atom is 0.325 e. The summed E-state index contributed by atoms with van der Waals surface area (Å²) in [6.45, 7) is 3.77. The van der Waals surface area contributed by atoms with Crippen molar-refractivity contribution < 1.29 is 24.5 Å². The summed E-state index contributed by atoms with van der Waals surface area (Å²) in [4.78, 5) is 15.4. The molecule has 0 aliphatic carbocycles. The predicted octanol–water partition coefficient (Wildman–Crippen LogP) is -0.366. The molecule has 1 saturated heterocycles. The third kappa shape index (κ3) is 4.40. The highest BCUT2D eigenvalue weighted by molar-refractivity contribution is 5.77. The number of likely N-dealkylation sites (N-methyl/N-ethyl adjacent to an activating group) is 1. The van der Waals surface area contributed by atoms with E-state index >= 15 is 0 Å². The number of nitrogens with one attached hydrogen (secondary N) is 1. The zero-order valence-electron chi connectivity index (χ0n) is 13.4. The summed E-state index contributed by atoms with van der Waals surface area (Å²) >= 11 is 0. The standard InChI is InChI=1S/C14H25N3O5/c1-14(2,20)22-10-7-9(8-16(3)4)21-12(10)17-6-5-11(18)15-13(17)19/h5-6,9-12,18,20H,7-8H2,1-4H3,(H,15,19)/t9-,10+,11?,12+/m0/s1. The second kappa shape index (κ2) is 6.51. The van der Waals surface area contributed by atoms with E-state index in [2.05, 4.69) is 5.32 Å². The van der Waals surface area contributed by atoms with Crippen LogP contribution >= 0.6 is 0 Å². The van der Waals surface area contributed by atoms with Gasteiger partial charge in [-0.3, -0.25) is 4.90 Å². The highest BCUT2D eigenvalue weighted by atomic mass is 16.7. The van der Waals surface area contributed by atoms with E-state index in [0.29, 0.717) is 13.0 Å². The number of nitrogens with zero attached hydrogens (tertiary/aromatic N) is 2. The molecule has 22 heavy (non-hydrogen) atoms. The number of aliphatic hydroxyl groups is 2. The van der Waals surface area contributed by atoms with Gasteiger partial charge in [0.25, 0.3) is 0 Å². The molecule has 0 aromatic carbocycles. The second-order valence-electron chi connectivity index (χ2n) is 6.39. The van der Waals surface area contributed by atoms with Crippen LogP contribution in [0.15, 0.2) is 12.3 Å². The number of amides is 2. The van der Waals surface area contributed by atoms with Crippen molar-refractivity contribution >= 4 is 6.03 Å². The fourth-order valence-electron chi connectivity index (χ4n) is 2.65. The smallest absolute Gasteiger partial charge is 0.325 e. The van der Waals surface area contributed by atoms with Crippen molar-refractivity contribution in [1.29, 1.82) is 0 Å². The highest BCUT2D eigenvalue weighted by Crippen LogP contribution is 2.30. The van der Waals surface area contributed by atoms with Crippen LogP contribution < -0.4 is 5.32 Å². The van der Waals surface area contributed by atoms with E-state index in [1.54, 1.807) is 13.8 Å². The number of aliphatic hydroxyl groups excluding tert-OH is 1. The van der Waals surface area contributed by atoms with E-state index in [-0.39, 0.29) is 6.10 Å². The Kier molecular flexibility index (Phi) is 5.08. The van der Waals surface area contributed by atoms with E-state index < -0.39 is 30.4 Å². The van der Waals surface area contributed by atoms with Gasteiger partial charge in [0.2, 0.25) is 0 Å². The van der Waals surface area contributed by atoms with Crippen LogP contribution in [0.3, 0.4) is 0 Å². The van der Waals surface area contributed by atoms with E-state index in [1.807, 2.05) is 19.0 Å². The first-order valence-corrected chi connectivity index (χ1v) is 7.31. The number of hydrogen-bond donors (Lipinski definition) is 3. The molecule has 126 valence electrons. The molecule has 0 saturated carbocycles. The summed E-state index contributed by atoms with van der Waals surface area (Å²) in [5, 5.41) is 21.7. The Morgan fingerprint density at radius 2 is 2.23 bits per heavy atom. The first-order chi connectivity index (χ1) is 10.2. The van der Waals surface area contributed by atoms with Gasteiger partial charge < -0.3 is 29.9 Å². The average molecular weight is 315 g/mol. The third-order valence-corrected chi connectivity index (χ3v) is 3.36. The molecule has 0 aromatic heterocycles. The molecule has 2 rings (SSSR count). The number of hydrogen-bond acceptors (Lipinski definition) is 6. The average Bonchev–Trinajstić information content (AvgIpc) is 2.68. The van der Waals surface area contributed by atoms with Crippen LogP contribution in [0.4, 0.5) is 4.79 Å². The van der Waals surface area contributed by atoms with Gasteiger partial charge in [0, 0.05) is 19.2 Å². The molecule has 0 bridgehead atoms. The Hall–Kier alpha value is -1.19. The molecule has 4 atom stereocenters. The van der Waals surface area contributed by atoms with Crippen molar-refractivity contribution in [3.05, 3.63) is 12.3 Å². The van der Waals surface area contributed by atoms with Gasteiger partial charge in [-0.05, 0) is 34.0 Å². The minimum Gasteiger partial charge on any atom is -0.370 e. The van der Waals surface area contributed by atoms with Crippen molar-refractivity contribution in [2.75, 3.05) is 20.6 Å². The summed E-state index contributed by atoms with van der Waals surface area (Å²) in [6.07, 6.45) is 1.26. The van der Waals surface area contributed by atoms with Gasteiger partial charge in [-0.25, -0.2) is 4.79 Å². The predicted molar refractivity (Wildman–Crippen MR) is 78.5 cm³/mol. The molecule has 3 N–H and O–H groups in total. The van der Waals surface area contributed by atoms with Gasteiger partial charge in [0.15, 0.2) is 12.0 Å². The second-order valence-corrected chi connectivity index (χ2v) is 6.39. The van der Waals surface area contributed by atoms with Crippen LogP contribution in [0, 0.1) is 0 Å². The molecule has 0 spiro atoms. The highest BCUT2D eigenvalue weighted by Gasteiger charge is 2.44. The minimum atomic E-state index is -1.32. The number of ether oxygens (including phenoxy) is 2. The normalized spacial score (nSPS) is 32.7. The molecular weight excluding hydrogens is 290 g/mol. The fourth-order valence-corrected chi connectivity index (χ4v) is 2.65. The monoisotopic (exact) mass is 315 g/mol. The van der Waals surface area contributed by atoms with Crippen molar-refractivity contribution in [3.63, 3.8) is 0 Å². The molecule has 0 aromatic rings. The summed E-state index contributed by atoms with van der Waals surface area (Å²) < 4.78 is 11.6. The molecule has 2 amide bonds. The molecule has 2 heterocycles. The van der Waals surface area contributed by atoms with Crippen LogP contribution in [0.5, 0.6) is 0 Å². The van der Waals surface area contributed by atoms with Gasteiger partial charge in [-0.2, -0.15) is 0 Å². The summed E-state index contributed by atoms with van der Waals surface area (Å²) in [5.74, 6) is -1.32. The van der Waals surface area contributed by atoms with Gasteiger partial charge in [0.05, 0.1) is 6.10 Å². The number of urea groups is 1. The lowest BCUT2D eigenvalue weighted by Gasteiger charge is -2.34. The fraction of sp³-hybridized carbons (Fsp3) is 0.786. The molecule has 2 aliphatic heterocycles. The minimum absolute atomic E-state index is 0.111. The van der Waals surface area contributed by atoms with E-state index in [9.17, 15) is 15.0 Å². The lowest BCUT2D eigenvalue weighted by Crippen LogP contribution is -2.53. The molecule has 8 heteroatoms. The van der Waals surface area contributed by atoms with Crippen molar-refractivity contribution in [1.82, 2.24) is 15.1 Å². The lowest BCUT2D eigenvalue weighted by molar-refractivity contribution is -0.223. The van der Waals surface area contributed by atoms with Crippen LogP contribution in [-0.2, 0) is 9.47 Å². The quantitative estimate of drug-likeness (QED) is 0.600. The maximum absolute atomic E-state index is 12.0. The molecule has 1 fully saturated rings. The Morgan fingerprint density at radius 1 is 1.55 bits per heavy atom. The summed E-state index contributed by atoms with van der Waals surface area (Å²) in [5.41, 5.74) is 0. The van der Waals surface area contributed by atoms with Gasteiger partial charge in [0.1, 0.15) is 12.3 Å². The number of carbonyl (C=O) groups excluding carboxylic acids is 1. The Balaban J connectivity index is 2.14. The molecule has 2 aliphatic rings. The third-order valence-electron chi connectivity index (χ3n) is 3.36. The molecular formula is C14H25N3O5. The summed E-state index contributed by atoms with van der Waals surface area (Å²) in [7, 11) is 3.87.